The van der Waals surface area contributed by atoms with Crippen molar-refractivity contribution in [1.82, 2.24) is 10.1 Å². The van der Waals surface area contributed by atoms with E-state index in [0.717, 1.165) is 16.8 Å². The zero-order valence-electron chi connectivity index (χ0n) is 16.0. The minimum atomic E-state index is -0.134. The second-order valence-electron chi connectivity index (χ2n) is 7.61. The van der Waals surface area contributed by atoms with Crippen LogP contribution in [0.2, 0.25) is 0 Å². The molecule has 1 amide bonds. The number of aromatic nitrogens is 2. The van der Waals surface area contributed by atoms with Gasteiger partial charge in [0, 0.05) is 23.9 Å². The lowest BCUT2D eigenvalue weighted by Gasteiger charge is -2.10. The molecule has 1 aromatic heterocycles. The molecule has 27 heavy (non-hydrogen) atoms. The molecule has 0 bridgehead atoms. The second-order valence-corrected chi connectivity index (χ2v) is 7.61. The molecule has 0 fully saturated rings. The maximum Gasteiger partial charge on any atom is 0.226 e. The highest BCUT2D eigenvalue weighted by molar-refractivity contribution is 5.90. The molecule has 0 spiro atoms. The van der Waals surface area contributed by atoms with Gasteiger partial charge in [-0.15, -0.1) is 0 Å². The molecule has 2 aromatic carbocycles. The SMILES string of the molecule is CC(C)(C)c1noc(CCCC(=O)Nc2ccc(-c3ccccc3)cc2)n1. The number of hydrogen-bond acceptors (Lipinski definition) is 4. The van der Waals surface area contributed by atoms with Crippen molar-refractivity contribution in [3.8, 4) is 11.1 Å². The number of amides is 1. The molecule has 1 N–H and O–H groups in total. The maximum absolute atomic E-state index is 12.1. The van der Waals surface area contributed by atoms with Crippen LogP contribution in [0.5, 0.6) is 0 Å². The normalized spacial score (nSPS) is 11.4. The van der Waals surface area contributed by atoms with Gasteiger partial charge in [-0.05, 0) is 29.7 Å². The van der Waals surface area contributed by atoms with Crippen LogP contribution in [0.1, 0.15) is 45.3 Å². The first-order valence-electron chi connectivity index (χ1n) is 9.20. The van der Waals surface area contributed by atoms with Crippen LogP contribution >= 0.6 is 0 Å². The fourth-order valence-corrected chi connectivity index (χ4v) is 2.66. The summed E-state index contributed by atoms with van der Waals surface area (Å²) < 4.78 is 5.25. The van der Waals surface area contributed by atoms with Crippen molar-refractivity contribution in [3.63, 3.8) is 0 Å². The summed E-state index contributed by atoms with van der Waals surface area (Å²) in [7, 11) is 0. The van der Waals surface area contributed by atoms with Gasteiger partial charge in [0.1, 0.15) is 0 Å². The van der Waals surface area contributed by atoms with Gasteiger partial charge in [-0.2, -0.15) is 4.98 Å². The van der Waals surface area contributed by atoms with Crippen LogP contribution in [-0.2, 0) is 16.6 Å². The topological polar surface area (TPSA) is 68.0 Å². The van der Waals surface area contributed by atoms with E-state index in [1.807, 2.05) is 63.2 Å². The van der Waals surface area contributed by atoms with Gasteiger partial charge in [0.15, 0.2) is 5.82 Å². The summed E-state index contributed by atoms with van der Waals surface area (Å²) in [6, 6.07) is 18.0. The molecule has 5 heteroatoms. The highest BCUT2D eigenvalue weighted by Crippen LogP contribution is 2.21. The molecular formula is C22H25N3O2. The van der Waals surface area contributed by atoms with Gasteiger partial charge in [0.05, 0.1) is 0 Å². The van der Waals surface area contributed by atoms with Gasteiger partial charge in [0.2, 0.25) is 11.8 Å². The Hall–Kier alpha value is -2.95. The van der Waals surface area contributed by atoms with Crippen LogP contribution in [0.15, 0.2) is 59.1 Å². The number of anilines is 1. The van der Waals surface area contributed by atoms with E-state index in [-0.39, 0.29) is 11.3 Å². The first-order chi connectivity index (χ1) is 12.9. The van der Waals surface area contributed by atoms with Crippen LogP contribution in [0, 0.1) is 0 Å². The van der Waals surface area contributed by atoms with E-state index in [0.29, 0.717) is 31.0 Å². The van der Waals surface area contributed by atoms with E-state index >= 15 is 0 Å². The number of rotatable bonds is 6. The van der Waals surface area contributed by atoms with Gasteiger partial charge in [-0.3, -0.25) is 4.79 Å². The highest BCUT2D eigenvalue weighted by Gasteiger charge is 2.20. The van der Waals surface area contributed by atoms with Gasteiger partial charge in [-0.25, -0.2) is 0 Å². The first-order valence-corrected chi connectivity index (χ1v) is 9.20. The predicted octanol–water partition coefficient (Wildman–Crippen LogP) is 5.00. The van der Waals surface area contributed by atoms with Crippen molar-refractivity contribution in [2.45, 2.75) is 45.4 Å². The standard InChI is InChI=1S/C22H25N3O2/c1-22(2,3)21-24-20(27-25-21)11-7-10-19(26)23-18-14-12-17(13-15-18)16-8-5-4-6-9-16/h4-6,8-9,12-15H,7,10-11H2,1-3H3,(H,23,26). The summed E-state index contributed by atoms with van der Waals surface area (Å²) >= 11 is 0. The van der Waals surface area contributed by atoms with Crippen LogP contribution < -0.4 is 5.32 Å². The van der Waals surface area contributed by atoms with Crippen LogP contribution in [0.3, 0.4) is 0 Å². The van der Waals surface area contributed by atoms with Crippen molar-refractivity contribution >= 4 is 11.6 Å². The smallest absolute Gasteiger partial charge is 0.226 e. The third kappa shape index (κ3) is 5.26. The molecule has 0 aliphatic heterocycles. The highest BCUT2D eigenvalue weighted by atomic mass is 16.5. The lowest BCUT2D eigenvalue weighted by atomic mass is 9.96. The summed E-state index contributed by atoms with van der Waals surface area (Å²) in [6.45, 7) is 6.12. The third-order valence-corrected chi connectivity index (χ3v) is 4.21. The van der Waals surface area contributed by atoms with Crippen molar-refractivity contribution < 1.29 is 9.32 Å². The predicted molar refractivity (Wildman–Crippen MR) is 106 cm³/mol. The summed E-state index contributed by atoms with van der Waals surface area (Å²) in [5.74, 6) is 1.26. The van der Waals surface area contributed by atoms with E-state index in [2.05, 4.69) is 27.6 Å². The Balaban J connectivity index is 1.47. The fraction of sp³-hybridized carbons (Fsp3) is 0.318. The number of carbonyl (C=O) groups excluding carboxylic acids is 1. The Morgan fingerprint density at radius 1 is 1.00 bits per heavy atom. The average Bonchev–Trinajstić information content (AvgIpc) is 3.12. The molecule has 0 atom stereocenters. The van der Waals surface area contributed by atoms with Crippen molar-refractivity contribution in [1.29, 1.82) is 0 Å². The second kappa shape index (κ2) is 8.16. The van der Waals surface area contributed by atoms with Gasteiger partial charge < -0.3 is 9.84 Å². The molecule has 0 radical (unpaired) electrons. The van der Waals surface area contributed by atoms with E-state index in [4.69, 9.17) is 4.52 Å². The lowest BCUT2D eigenvalue weighted by Crippen LogP contribution is -2.13. The van der Waals surface area contributed by atoms with E-state index in [9.17, 15) is 4.79 Å². The molecule has 3 rings (SSSR count). The zero-order valence-corrected chi connectivity index (χ0v) is 16.0. The summed E-state index contributed by atoms with van der Waals surface area (Å²) in [5.41, 5.74) is 2.95. The summed E-state index contributed by atoms with van der Waals surface area (Å²) in [5, 5.41) is 6.93. The van der Waals surface area contributed by atoms with Crippen molar-refractivity contribution in [3.05, 3.63) is 66.3 Å². The number of nitrogens with zero attached hydrogens (tertiary/aromatic N) is 2. The lowest BCUT2D eigenvalue weighted by molar-refractivity contribution is -0.116. The quantitative estimate of drug-likeness (QED) is 0.669. The third-order valence-electron chi connectivity index (χ3n) is 4.21. The zero-order chi connectivity index (χ0) is 19.3. The van der Waals surface area contributed by atoms with E-state index in [1.54, 1.807) is 0 Å². The molecular weight excluding hydrogens is 338 g/mol. The molecule has 1 heterocycles. The Morgan fingerprint density at radius 3 is 2.30 bits per heavy atom. The molecule has 3 aromatic rings. The number of aryl methyl sites for hydroxylation is 1. The Morgan fingerprint density at radius 2 is 1.67 bits per heavy atom. The summed E-state index contributed by atoms with van der Waals surface area (Å²) in [4.78, 5) is 16.5. The number of hydrogen-bond donors (Lipinski definition) is 1. The van der Waals surface area contributed by atoms with E-state index < -0.39 is 0 Å². The van der Waals surface area contributed by atoms with Crippen LogP contribution in [0.25, 0.3) is 11.1 Å². The molecule has 0 aliphatic rings. The maximum atomic E-state index is 12.1. The number of carbonyl (C=O) groups is 1. The molecule has 0 aliphatic carbocycles. The molecule has 0 saturated carbocycles. The fourth-order valence-electron chi connectivity index (χ4n) is 2.66. The van der Waals surface area contributed by atoms with Crippen molar-refractivity contribution in [2.24, 2.45) is 0 Å². The summed E-state index contributed by atoms with van der Waals surface area (Å²) in [6.07, 6.45) is 1.68. The number of benzene rings is 2. The van der Waals surface area contributed by atoms with E-state index in [1.165, 1.54) is 0 Å². The first kappa shape index (κ1) is 18.8. The number of nitrogens with one attached hydrogen (secondary N) is 1. The molecule has 0 unspecified atom stereocenters. The largest absolute Gasteiger partial charge is 0.339 e. The van der Waals surface area contributed by atoms with Gasteiger partial charge in [-0.1, -0.05) is 68.4 Å². The van der Waals surface area contributed by atoms with Crippen LogP contribution in [-0.4, -0.2) is 16.0 Å². The Bertz CT molecular complexity index is 878. The average molecular weight is 363 g/mol. The van der Waals surface area contributed by atoms with Gasteiger partial charge in [0.25, 0.3) is 0 Å². The Kier molecular flexibility index (Phi) is 5.69. The van der Waals surface area contributed by atoms with Crippen LogP contribution in [0.4, 0.5) is 5.69 Å². The monoisotopic (exact) mass is 363 g/mol. The Labute approximate surface area is 159 Å². The molecule has 140 valence electrons. The minimum absolute atomic E-state index is 0.0157. The molecule has 5 nitrogen and oxygen atoms in total. The minimum Gasteiger partial charge on any atom is -0.339 e. The molecule has 0 saturated heterocycles. The van der Waals surface area contributed by atoms with Gasteiger partial charge >= 0.3 is 0 Å². The van der Waals surface area contributed by atoms with Crippen molar-refractivity contribution in [2.75, 3.05) is 5.32 Å².